The van der Waals surface area contributed by atoms with Crippen molar-refractivity contribution in [3.05, 3.63) is 47.2 Å². The first-order chi connectivity index (χ1) is 11.8. The Morgan fingerprint density at radius 3 is 2.92 bits per heavy atom. The van der Waals surface area contributed by atoms with Crippen LogP contribution in [0.25, 0.3) is 0 Å². The standard InChI is InChI=1S/C17H24BrN5O.HI/c1-2-19-17(20-8-4-11-23-12-5-9-22-23)21-10-13-24-16-7-3-6-15(18)14-16;/h3,5-7,9,12,14H,2,4,8,10-11,13H2,1H3,(H2,19,20,21);1H. The van der Waals surface area contributed by atoms with Gasteiger partial charge in [-0.3, -0.25) is 9.67 Å². The molecule has 1 aromatic carbocycles. The molecule has 1 aromatic heterocycles. The second kappa shape index (κ2) is 13.0. The van der Waals surface area contributed by atoms with Crippen molar-refractivity contribution in [1.29, 1.82) is 0 Å². The Labute approximate surface area is 174 Å². The monoisotopic (exact) mass is 521 g/mol. The van der Waals surface area contributed by atoms with Crippen molar-refractivity contribution < 1.29 is 4.74 Å². The highest BCUT2D eigenvalue weighted by Gasteiger charge is 1.98. The topological polar surface area (TPSA) is 63.5 Å². The summed E-state index contributed by atoms with van der Waals surface area (Å²) >= 11 is 3.43. The van der Waals surface area contributed by atoms with Crippen LogP contribution in [-0.4, -0.2) is 42.0 Å². The summed E-state index contributed by atoms with van der Waals surface area (Å²) in [7, 11) is 0. The van der Waals surface area contributed by atoms with Gasteiger partial charge >= 0.3 is 0 Å². The maximum absolute atomic E-state index is 5.70. The van der Waals surface area contributed by atoms with Crippen LogP contribution >= 0.6 is 39.9 Å². The molecular weight excluding hydrogens is 497 g/mol. The molecule has 2 aromatic rings. The molecular formula is C17H25BrIN5O. The summed E-state index contributed by atoms with van der Waals surface area (Å²) in [4.78, 5) is 4.56. The number of hydrogen-bond donors (Lipinski definition) is 2. The molecule has 0 aliphatic carbocycles. The molecule has 6 nitrogen and oxygen atoms in total. The summed E-state index contributed by atoms with van der Waals surface area (Å²) in [5.41, 5.74) is 0. The lowest BCUT2D eigenvalue weighted by atomic mass is 10.3. The Hall–Kier alpha value is -1.29. The maximum atomic E-state index is 5.70. The van der Waals surface area contributed by atoms with Crippen LogP contribution in [-0.2, 0) is 6.54 Å². The van der Waals surface area contributed by atoms with Crippen LogP contribution in [0.2, 0.25) is 0 Å². The minimum Gasteiger partial charge on any atom is -0.492 e. The van der Waals surface area contributed by atoms with Gasteiger partial charge in [-0.15, -0.1) is 24.0 Å². The zero-order chi connectivity index (χ0) is 17.0. The minimum atomic E-state index is 0. The Morgan fingerprint density at radius 2 is 2.20 bits per heavy atom. The van der Waals surface area contributed by atoms with Crippen molar-refractivity contribution in [3.63, 3.8) is 0 Å². The van der Waals surface area contributed by atoms with Gasteiger partial charge in [-0.2, -0.15) is 5.10 Å². The lowest BCUT2D eigenvalue weighted by Gasteiger charge is -2.12. The summed E-state index contributed by atoms with van der Waals surface area (Å²) in [6.45, 7) is 5.78. The van der Waals surface area contributed by atoms with E-state index >= 15 is 0 Å². The largest absolute Gasteiger partial charge is 0.492 e. The van der Waals surface area contributed by atoms with Gasteiger partial charge in [-0.1, -0.05) is 22.0 Å². The number of aromatic nitrogens is 2. The molecule has 0 spiro atoms. The number of guanidine groups is 1. The van der Waals surface area contributed by atoms with Crippen molar-refractivity contribution in [2.45, 2.75) is 19.9 Å². The molecule has 138 valence electrons. The zero-order valence-electron chi connectivity index (χ0n) is 14.3. The number of rotatable bonds is 9. The summed E-state index contributed by atoms with van der Waals surface area (Å²) in [6.07, 6.45) is 4.71. The second-order valence-corrected chi connectivity index (χ2v) is 6.03. The van der Waals surface area contributed by atoms with E-state index in [1.165, 1.54) is 0 Å². The van der Waals surface area contributed by atoms with E-state index in [-0.39, 0.29) is 24.0 Å². The molecule has 0 saturated carbocycles. The van der Waals surface area contributed by atoms with E-state index in [2.05, 4.69) is 43.6 Å². The molecule has 0 aliphatic heterocycles. The van der Waals surface area contributed by atoms with Crippen LogP contribution in [0.15, 0.2) is 52.2 Å². The van der Waals surface area contributed by atoms with E-state index in [0.29, 0.717) is 13.2 Å². The summed E-state index contributed by atoms with van der Waals surface area (Å²) in [6, 6.07) is 9.76. The first-order valence-corrected chi connectivity index (χ1v) is 8.95. The van der Waals surface area contributed by atoms with Crippen LogP contribution in [0.1, 0.15) is 13.3 Å². The number of halogens is 2. The van der Waals surface area contributed by atoms with Crippen molar-refractivity contribution in [1.82, 2.24) is 20.4 Å². The van der Waals surface area contributed by atoms with Crippen molar-refractivity contribution in [2.75, 3.05) is 26.2 Å². The van der Waals surface area contributed by atoms with E-state index in [1.54, 1.807) is 6.20 Å². The van der Waals surface area contributed by atoms with Gasteiger partial charge in [0.25, 0.3) is 0 Å². The lowest BCUT2D eigenvalue weighted by Crippen LogP contribution is -2.39. The van der Waals surface area contributed by atoms with Crippen LogP contribution in [0.4, 0.5) is 0 Å². The van der Waals surface area contributed by atoms with Crippen LogP contribution < -0.4 is 15.4 Å². The third kappa shape index (κ3) is 9.10. The number of aliphatic imine (C=N–C) groups is 1. The fourth-order valence-electron chi connectivity index (χ4n) is 2.09. The first kappa shape index (κ1) is 21.8. The molecule has 2 rings (SSSR count). The third-order valence-corrected chi connectivity index (χ3v) is 3.67. The molecule has 1 heterocycles. The van der Waals surface area contributed by atoms with Crippen LogP contribution in [0.3, 0.4) is 0 Å². The quantitative estimate of drug-likeness (QED) is 0.230. The summed E-state index contributed by atoms with van der Waals surface area (Å²) in [5, 5.41) is 10.7. The number of nitrogens with zero attached hydrogens (tertiary/aromatic N) is 3. The van der Waals surface area contributed by atoms with Crippen LogP contribution in [0, 0.1) is 0 Å². The molecule has 0 atom stereocenters. The molecule has 0 bridgehead atoms. The highest BCUT2D eigenvalue weighted by Crippen LogP contribution is 2.17. The Bertz CT molecular complexity index is 621. The van der Waals surface area contributed by atoms with E-state index in [4.69, 9.17) is 4.74 Å². The Balaban J connectivity index is 0.00000312. The molecule has 8 heteroatoms. The number of aryl methyl sites for hydroxylation is 1. The molecule has 0 aliphatic rings. The lowest BCUT2D eigenvalue weighted by molar-refractivity contribution is 0.321. The average molecular weight is 522 g/mol. The Kier molecular flexibility index (Phi) is 11.3. The fourth-order valence-corrected chi connectivity index (χ4v) is 2.47. The van der Waals surface area contributed by atoms with Gasteiger partial charge < -0.3 is 15.4 Å². The predicted octanol–water partition coefficient (Wildman–Crippen LogP) is 3.29. The van der Waals surface area contributed by atoms with Gasteiger partial charge in [-0.25, -0.2) is 0 Å². The van der Waals surface area contributed by atoms with Gasteiger partial charge in [0.2, 0.25) is 0 Å². The van der Waals surface area contributed by atoms with Gasteiger partial charge in [-0.05, 0) is 37.6 Å². The summed E-state index contributed by atoms with van der Waals surface area (Å²) < 4.78 is 8.64. The highest BCUT2D eigenvalue weighted by atomic mass is 127. The molecule has 0 fully saturated rings. The second-order valence-electron chi connectivity index (χ2n) is 5.12. The Morgan fingerprint density at radius 1 is 1.32 bits per heavy atom. The molecule has 0 saturated heterocycles. The van der Waals surface area contributed by atoms with Crippen molar-refractivity contribution in [2.24, 2.45) is 4.99 Å². The van der Waals surface area contributed by atoms with Gasteiger partial charge in [0.1, 0.15) is 12.4 Å². The van der Waals surface area contributed by atoms with Crippen molar-refractivity contribution >= 4 is 45.9 Å². The molecule has 2 N–H and O–H groups in total. The first-order valence-electron chi connectivity index (χ1n) is 8.16. The smallest absolute Gasteiger partial charge is 0.191 e. The third-order valence-electron chi connectivity index (χ3n) is 3.18. The van der Waals surface area contributed by atoms with Gasteiger partial charge in [0.15, 0.2) is 5.96 Å². The maximum Gasteiger partial charge on any atom is 0.191 e. The zero-order valence-corrected chi connectivity index (χ0v) is 18.2. The van der Waals surface area contributed by atoms with E-state index in [1.807, 2.05) is 41.2 Å². The van der Waals surface area contributed by atoms with Gasteiger partial charge in [0.05, 0.1) is 6.54 Å². The van der Waals surface area contributed by atoms with E-state index in [0.717, 1.165) is 42.2 Å². The van der Waals surface area contributed by atoms with E-state index < -0.39 is 0 Å². The number of hydrogen-bond acceptors (Lipinski definition) is 3. The predicted molar refractivity (Wildman–Crippen MR) is 116 cm³/mol. The number of ether oxygens (including phenoxy) is 1. The fraction of sp³-hybridized carbons (Fsp3) is 0.412. The van der Waals surface area contributed by atoms with Crippen LogP contribution in [0.5, 0.6) is 5.75 Å². The molecule has 0 unspecified atom stereocenters. The minimum absolute atomic E-state index is 0. The molecule has 25 heavy (non-hydrogen) atoms. The number of nitrogens with one attached hydrogen (secondary N) is 2. The van der Waals surface area contributed by atoms with Gasteiger partial charge in [0, 0.05) is 36.5 Å². The van der Waals surface area contributed by atoms with E-state index in [9.17, 15) is 0 Å². The normalized spacial score (nSPS) is 10.9. The highest BCUT2D eigenvalue weighted by molar-refractivity contribution is 14.0. The molecule has 0 amide bonds. The average Bonchev–Trinajstić information content (AvgIpc) is 3.09. The number of benzene rings is 1. The van der Waals surface area contributed by atoms with Crippen molar-refractivity contribution in [3.8, 4) is 5.75 Å². The summed E-state index contributed by atoms with van der Waals surface area (Å²) in [5.74, 6) is 1.67. The molecule has 0 radical (unpaired) electrons. The SMILES string of the molecule is CCNC(=NCCCn1cccn1)NCCOc1cccc(Br)c1.I.